The number of aryl methyl sites for hydroxylation is 1. The summed E-state index contributed by atoms with van der Waals surface area (Å²) in [4.78, 5) is 7.80. The summed E-state index contributed by atoms with van der Waals surface area (Å²) in [5.41, 5.74) is 2.60. The van der Waals surface area contributed by atoms with Crippen molar-refractivity contribution in [2.75, 3.05) is 30.4 Å². The summed E-state index contributed by atoms with van der Waals surface area (Å²) in [5.74, 6) is 3.21. The largest absolute Gasteiger partial charge is 0.495 e. The number of H-pyrrole nitrogens is 1. The Balaban J connectivity index is 1.49. The van der Waals surface area contributed by atoms with Crippen molar-refractivity contribution in [1.82, 2.24) is 14.9 Å². The smallest absolute Gasteiger partial charge is 0.244 e. The van der Waals surface area contributed by atoms with E-state index in [1.807, 2.05) is 43.3 Å². The van der Waals surface area contributed by atoms with E-state index in [4.69, 9.17) is 4.74 Å². The number of aliphatic imine (C=N–C) groups is 1. The zero-order valence-corrected chi connectivity index (χ0v) is 19.7. The molecule has 0 spiro atoms. The van der Waals surface area contributed by atoms with E-state index in [0.29, 0.717) is 30.6 Å². The van der Waals surface area contributed by atoms with Crippen LogP contribution in [0.15, 0.2) is 58.1 Å². The molecule has 4 N–H and O–H groups in total. The van der Waals surface area contributed by atoms with E-state index in [-0.39, 0.29) is 4.90 Å². The van der Waals surface area contributed by atoms with E-state index in [9.17, 15) is 8.42 Å². The molecule has 0 amide bonds. The van der Waals surface area contributed by atoms with Crippen LogP contribution in [0.3, 0.4) is 0 Å². The number of benzene rings is 1. The van der Waals surface area contributed by atoms with Crippen molar-refractivity contribution in [3.8, 4) is 5.75 Å². The van der Waals surface area contributed by atoms with Crippen LogP contribution in [-0.4, -0.2) is 44.7 Å². The molecule has 5 rings (SSSR count). The molecule has 33 heavy (non-hydrogen) atoms. The number of nitrogens with one attached hydrogen (secondary N) is 4. The number of nitrogens with zero attached hydrogens (tertiary/aromatic N) is 3. The first-order chi connectivity index (χ1) is 15.8. The summed E-state index contributed by atoms with van der Waals surface area (Å²) < 4.78 is 34.2. The molecule has 1 unspecified atom stereocenters. The quantitative estimate of drug-likeness (QED) is 0.462. The molecular formula is C22H28N7O3S+. The standard InChI is InChI=1S/C22H27N7O3S/c1-14-8-20(27-26-14)25-22-13-28(12-21-24-15(2)11-29(21)22)17-6-7-18(32-3)19(9-17)33(30,31)23-10-16-4-5-16/h6-9,11,13,16,23H,4-5,10,12H2,1-3H3,(H2,25,26,27)/p+1. The van der Waals surface area contributed by atoms with E-state index in [2.05, 4.69) is 25.2 Å². The van der Waals surface area contributed by atoms with Crippen molar-refractivity contribution in [3.63, 3.8) is 0 Å². The molecule has 0 saturated heterocycles. The van der Waals surface area contributed by atoms with Crippen LogP contribution in [0.1, 0.15) is 25.5 Å². The third-order valence-corrected chi connectivity index (χ3v) is 7.31. The van der Waals surface area contributed by atoms with Gasteiger partial charge in [0.25, 0.3) is 0 Å². The molecule has 10 nitrogen and oxygen atoms in total. The number of ether oxygens (including phenoxy) is 1. The third-order valence-electron chi connectivity index (χ3n) is 5.87. The van der Waals surface area contributed by atoms with Gasteiger partial charge in [-0.2, -0.15) is 10.1 Å². The molecule has 2 aliphatic heterocycles. The zero-order chi connectivity index (χ0) is 23.2. The number of allylic oxidation sites excluding steroid dienone is 1. The molecule has 1 aromatic heterocycles. The molecule has 0 bridgehead atoms. The number of aromatic amines is 1. The summed E-state index contributed by atoms with van der Waals surface area (Å²) >= 11 is 0. The molecule has 1 atom stereocenters. The van der Waals surface area contributed by atoms with E-state index in [1.165, 1.54) is 7.11 Å². The first-order valence-electron chi connectivity index (χ1n) is 10.9. The molecule has 1 saturated carbocycles. The van der Waals surface area contributed by atoms with Crippen molar-refractivity contribution >= 4 is 27.4 Å². The van der Waals surface area contributed by atoms with Gasteiger partial charge < -0.3 is 9.64 Å². The van der Waals surface area contributed by atoms with Gasteiger partial charge in [-0.3, -0.25) is 10.4 Å². The number of hydrogen-bond donors (Lipinski definition) is 4. The van der Waals surface area contributed by atoms with Crippen LogP contribution < -0.4 is 24.6 Å². The maximum Gasteiger partial charge on any atom is 0.244 e. The number of methoxy groups -OCH3 is 1. The number of quaternary nitrogens is 1. The topological polar surface area (TPSA) is 116 Å². The molecule has 1 fully saturated rings. The predicted octanol–water partition coefficient (Wildman–Crippen LogP) is 1.30. The predicted molar refractivity (Wildman–Crippen MR) is 125 cm³/mol. The van der Waals surface area contributed by atoms with Gasteiger partial charge in [0.1, 0.15) is 23.4 Å². The maximum absolute atomic E-state index is 13.0. The first kappa shape index (κ1) is 21.7. The molecule has 1 aromatic carbocycles. The lowest BCUT2D eigenvalue weighted by molar-refractivity contribution is -0.698. The molecule has 3 aliphatic rings. The second-order valence-electron chi connectivity index (χ2n) is 8.62. The fourth-order valence-electron chi connectivity index (χ4n) is 3.95. The van der Waals surface area contributed by atoms with Gasteiger partial charge in [0, 0.05) is 24.0 Å². The van der Waals surface area contributed by atoms with Crippen molar-refractivity contribution in [3.05, 3.63) is 53.9 Å². The number of fused-ring (bicyclic) bond motifs is 1. The van der Waals surface area contributed by atoms with Crippen LogP contribution in [0.4, 0.5) is 11.5 Å². The SMILES string of the molecule is COc1ccc(N2C=C(Nc3cc(C)[nH]n3)[NH+]3C=C(C)N=C3C2)cc1S(=O)(=O)NCC1CC1. The normalized spacial score (nSPS) is 20.2. The Hall–Kier alpha value is -3.15. The van der Waals surface area contributed by atoms with E-state index in [0.717, 1.165) is 46.5 Å². The van der Waals surface area contributed by atoms with Crippen molar-refractivity contribution in [2.24, 2.45) is 10.9 Å². The van der Waals surface area contributed by atoms with E-state index < -0.39 is 10.0 Å². The van der Waals surface area contributed by atoms with E-state index in [1.54, 1.807) is 12.1 Å². The highest BCUT2D eigenvalue weighted by atomic mass is 32.2. The molecule has 11 heteroatoms. The van der Waals surface area contributed by atoms with Crippen LogP contribution in [0.5, 0.6) is 5.75 Å². The van der Waals surface area contributed by atoms with Crippen molar-refractivity contribution in [2.45, 2.75) is 31.6 Å². The van der Waals surface area contributed by atoms with Gasteiger partial charge in [-0.15, -0.1) is 0 Å². The molecule has 2 aromatic rings. The lowest BCUT2D eigenvalue weighted by Gasteiger charge is -2.29. The van der Waals surface area contributed by atoms with Crippen LogP contribution >= 0.6 is 0 Å². The van der Waals surface area contributed by atoms with Crippen LogP contribution in [-0.2, 0) is 10.0 Å². The Kier molecular flexibility index (Phi) is 5.47. The minimum Gasteiger partial charge on any atom is -0.495 e. The minimum atomic E-state index is -3.70. The van der Waals surface area contributed by atoms with Crippen molar-refractivity contribution < 1.29 is 18.1 Å². The molecule has 174 valence electrons. The fourth-order valence-corrected chi connectivity index (χ4v) is 5.25. The number of amidine groups is 1. The third kappa shape index (κ3) is 4.52. The molecule has 1 aliphatic carbocycles. The van der Waals surface area contributed by atoms with Gasteiger partial charge in [0.15, 0.2) is 5.82 Å². The Morgan fingerprint density at radius 3 is 2.79 bits per heavy atom. The average molecular weight is 471 g/mol. The van der Waals surface area contributed by atoms with Gasteiger partial charge in [-0.25, -0.2) is 18.0 Å². The number of sulfonamides is 1. The lowest BCUT2D eigenvalue weighted by atomic mass is 10.2. The summed E-state index contributed by atoms with van der Waals surface area (Å²) in [6.45, 7) is 4.88. The molecular weight excluding hydrogens is 442 g/mol. The summed E-state index contributed by atoms with van der Waals surface area (Å²) in [5, 5.41) is 10.6. The van der Waals surface area contributed by atoms with Gasteiger partial charge in [-0.05, 0) is 50.8 Å². The van der Waals surface area contributed by atoms with Gasteiger partial charge in [0.05, 0.1) is 19.0 Å². The summed E-state index contributed by atoms with van der Waals surface area (Å²) in [6.07, 6.45) is 6.13. The second kappa shape index (κ2) is 8.32. The maximum atomic E-state index is 13.0. The van der Waals surface area contributed by atoms with Crippen LogP contribution in [0.25, 0.3) is 0 Å². The van der Waals surface area contributed by atoms with Crippen LogP contribution in [0.2, 0.25) is 0 Å². The molecule has 3 heterocycles. The number of hydrogen-bond acceptors (Lipinski definition) is 7. The highest BCUT2D eigenvalue weighted by molar-refractivity contribution is 7.89. The highest BCUT2D eigenvalue weighted by Crippen LogP contribution is 2.32. The summed E-state index contributed by atoms with van der Waals surface area (Å²) in [6, 6.07) is 7.12. The Labute approximate surface area is 193 Å². The van der Waals surface area contributed by atoms with Gasteiger partial charge >= 0.3 is 0 Å². The molecule has 0 radical (unpaired) electrons. The first-order valence-corrected chi connectivity index (χ1v) is 12.4. The van der Waals surface area contributed by atoms with Crippen LogP contribution in [0, 0.1) is 12.8 Å². The van der Waals surface area contributed by atoms with E-state index >= 15 is 0 Å². The number of anilines is 2. The fraction of sp³-hybridized carbons (Fsp3) is 0.364. The number of aromatic nitrogens is 2. The monoisotopic (exact) mass is 470 g/mol. The van der Waals surface area contributed by atoms with Gasteiger partial charge in [0.2, 0.25) is 21.7 Å². The second-order valence-corrected chi connectivity index (χ2v) is 10.4. The number of rotatable bonds is 8. The average Bonchev–Trinajstić information content (AvgIpc) is 3.42. The van der Waals surface area contributed by atoms with Gasteiger partial charge in [-0.1, -0.05) is 0 Å². The zero-order valence-electron chi connectivity index (χ0n) is 18.8. The lowest BCUT2D eigenvalue weighted by Crippen LogP contribution is -3.10. The Morgan fingerprint density at radius 1 is 1.27 bits per heavy atom. The Bertz CT molecular complexity index is 1270. The minimum absolute atomic E-state index is 0.131. The van der Waals surface area contributed by atoms with Crippen molar-refractivity contribution in [1.29, 1.82) is 0 Å². The summed E-state index contributed by atoms with van der Waals surface area (Å²) in [7, 11) is -2.22. The highest BCUT2D eigenvalue weighted by Gasteiger charge is 2.34. The Morgan fingerprint density at radius 2 is 2.09 bits per heavy atom.